The largest absolute Gasteiger partial charge is 0.507 e. The van der Waals surface area contributed by atoms with Crippen LogP contribution in [0, 0.1) is 0 Å². The van der Waals surface area contributed by atoms with Crippen molar-refractivity contribution in [1.29, 1.82) is 0 Å². The molecule has 0 unspecified atom stereocenters. The Labute approximate surface area is 298 Å². The first-order valence-corrected chi connectivity index (χ1v) is 16.4. The molecule has 0 saturated carbocycles. The van der Waals surface area contributed by atoms with E-state index in [0.717, 1.165) is 24.3 Å². The van der Waals surface area contributed by atoms with Crippen LogP contribution in [-0.2, 0) is 18.9 Å². The zero-order valence-electron chi connectivity index (χ0n) is 27.6. The molecule has 3 fully saturated rings. The summed E-state index contributed by atoms with van der Waals surface area (Å²) in [6.45, 7) is -0.236. The van der Waals surface area contributed by atoms with Crippen LogP contribution in [0.25, 0.3) is 22.3 Å². The average molecular weight is 757 g/mol. The molecule has 0 bridgehead atoms. The summed E-state index contributed by atoms with van der Waals surface area (Å²) in [6, 6.07) is 5.20. The second-order valence-corrected chi connectivity index (χ2v) is 13.0. The van der Waals surface area contributed by atoms with Crippen LogP contribution in [0.4, 0.5) is 0 Å². The summed E-state index contributed by atoms with van der Waals surface area (Å²) in [5.74, 6) is -2.74. The molecule has 15 atom stereocenters. The Morgan fingerprint density at radius 1 is 0.660 bits per heavy atom. The molecule has 20 heteroatoms. The Hall–Kier alpha value is -3.71. The van der Waals surface area contributed by atoms with Crippen LogP contribution in [0.15, 0.2) is 39.5 Å². The molecule has 0 aliphatic carbocycles. The van der Waals surface area contributed by atoms with E-state index in [9.17, 15) is 71.2 Å². The number of aromatic hydroxyl groups is 3. The van der Waals surface area contributed by atoms with Gasteiger partial charge in [-0.3, -0.25) is 4.79 Å². The van der Waals surface area contributed by atoms with Gasteiger partial charge in [-0.2, -0.15) is 0 Å². The lowest BCUT2D eigenvalue weighted by atomic mass is 9.89. The molecule has 3 aliphatic heterocycles. The Bertz CT molecular complexity index is 1830. The molecule has 3 aliphatic rings. The lowest BCUT2D eigenvalue weighted by Gasteiger charge is -2.46. The Balaban J connectivity index is 1.40. The van der Waals surface area contributed by atoms with Crippen molar-refractivity contribution in [3.05, 3.63) is 46.1 Å². The number of ether oxygens (including phenoxy) is 5. The third-order valence-electron chi connectivity index (χ3n) is 9.58. The van der Waals surface area contributed by atoms with Gasteiger partial charge in [0, 0.05) is 17.7 Å². The van der Waals surface area contributed by atoms with Crippen LogP contribution in [-0.4, -0.2) is 165 Å². The topological polar surface area (TPSA) is 339 Å². The predicted octanol–water partition coefficient (Wildman–Crippen LogP) is -3.88. The molecule has 0 radical (unpaired) electrons. The van der Waals surface area contributed by atoms with E-state index in [2.05, 4.69) is 0 Å². The van der Waals surface area contributed by atoms with E-state index in [1.807, 2.05) is 0 Å². The number of hydrogen-bond donors (Lipinski definition) is 13. The highest BCUT2D eigenvalue weighted by Crippen LogP contribution is 2.46. The minimum absolute atomic E-state index is 0.00208. The minimum Gasteiger partial charge on any atom is -0.507 e. The predicted molar refractivity (Wildman–Crippen MR) is 171 cm³/mol. The summed E-state index contributed by atoms with van der Waals surface area (Å²) < 4.78 is 33.9. The molecular formula is C33H40O20. The van der Waals surface area contributed by atoms with Gasteiger partial charge in [0.25, 0.3) is 0 Å². The van der Waals surface area contributed by atoms with E-state index in [1.165, 1.54) is 13.0 Å². The van der Waals surface area contributed by atoms with E-state index >= 15 is 0 Å². The first-order chi connectivity index (χ1) is 25.1. The summed E-state index contributed by atoms with van der Waals surface area (Å²) in [4.78, 5) is 13.5. The van der Waals surface area contributed by atoms with Gasteiger partial charge in [0.1, 0.15) is 95.9 Å². The van der Waals surface area contributed by atoms with Crippen LogP contribution in [0.1, 0.15) is 18.6 Å². The molecule has 13 N–H and O–H groups in total. The number of phenolic OH excluding ortho intramolecular Hbond substituents is 3. The fourth-order valence-corrected chi connectivity index (χ4v) is 6.55. The van der Waals surface area contributed by atoms with Crippen molar-refractivity contribution in [2.75, 3.05) is 13.2 Å². The highest BCUT2D eigenvalue weighted by Gasteiger charge is 2.51. The fraction of sp³-hybridized carbons (Fsp3) is 0.545. The van der Waals surface area contributed by atoms with Crippen molar-refractivity contribution in [3.8, 4) is 34.3 Å². The molecule has 4 heterocycles. The second-order valence-electron chi connectivity index (χ2n) is 13.0. The molecule has 0 amide bonds. The number of fused-ring (bicyclic) bond motifs is 1. The molecule has 20 nitrogen and oxygen atoms in total. The Morgan fingerprint density at radius 3 is 1.94 bits per heavy atom. The number of hydrogen-bond acceptors (Lipinski definition) is 20. The maximum atomic E-state index is 13.5. The SMILES string of the molecule is C[C@@H]1O[C@@H](O[C@H]2[C@@H](O)[C@@H](O)[C@H](CO)O[C@@H]2c2c(O)cc(O)c3c(=O)cc(-c4ccc(O[C@H]5O[C@@H](CO)[C@H](O)[C@H](O)[C@@H]5O)c(O)c4)oc23)[C@@H](O)[C@@H](O)[C@H]1O. The summed E-state index contributed by atoms with van der Waals surface area (Å²) in [7, 11) is 0. The smallest absolute Gasteiger partial charge is 0.229 e. The molecule has 6 rings (SSSR count). The summed E-state index contributed by atoms with van der Waals surface area (Å²) in [5.41, 5.74) is -1.88. The van der Waals surface area contributed by atoms with Gasteiger partial charge >= 0.3 is 0 Å². The lowest BCUT2D eigenvalue weighted by Crippen LogP contribution is -2.61. The molecular weight excluding hydrogens is 716 g/mol. The third kappa shape index (κ3) is 7.03. The van der Waals surface area contributed by atoms with Gasteiger partial charge in [0.15, 0.2) is 28.8 Å². The van der Waals surface area contributed by atoms with Crippen molar-refractivity contribution in [3.63, 3.8) is 0 Å². The maximum Gasteiger partial charge on any atom is 0.229 e. The van der Waals surface area contributed by atoms with Gasteiger partial charge < -0.3 is 94.5 Å². The summed E-state index contributed by atoms with van der Waals surface area (Å²) >= 11 is 0. The molecule has 292 valence electrons. The van der Waals surface area contributed by atoms with Crippen molar-refractivity contribution in [2.24, 2.45) is 0 Å². The van der Waals surface area contributed by atoms with E-state index in [-0.39, 0.29) is 17.1 Å². The summed E-state index contributed by atoms with van der Waals surface area (Å²) in [5, 5.41) is 135. The van der Waals surface area contributed by atoms with Crippen molar-refractivity contribution in [2.45, 2.75) is 98.9 Å². The van der Waals surface area contributed by atoms with Crippen LogP contribution >= 0.6 is 0 Å². The Morgan fingerprint density at radius 2 is 1.28 bits per heavy atom. The fourth-order valence-electron chi connectivity index (χ4n) is 6.55. The zero-order valence-corrected chi connectivity index (χ0v) is 27.6. The number of rotatable bonds is 8. The monoisotopic (exact) mass is 756 g/mol. The average Bonchev–Trinajstić information content (AvgIpc) is 3.12. The van der Waals surface area contributed by atoms with Crippen molar-refractivity contribution >= 4 is 11.0 Å². The van der Waals surface area contributed by atoms with Crippen molar-refractivity contribution < 1.29 is 94.5 Å². The highest BCUT2D eigenvalue weighted by molar-refractivity contribution is 5.89. The van der Waals surface area contributed by atoms with E-state index in [1.54, 1.807) is 0 Å². The van der Waals surface area contributed by atoms with Gasteiger partial charge in [-0.1, -0.05) is 0 Å². The normalized spacial score (nSPS) is 37.8. The molecule has 3 saturated heterocycles. The lowest BCUT2D eigenvalue weighted by molar-refractivity contribution is -0.338. The van der Waals surface area contributed by atoms with Crippen LogP contribution < -0.4 is 10.2 Å². The van der Waals surface area contributed by atoms with Gasteiger partial charge in [0.05, 0.1) is 24.9 Å². The van der Waals surface area contributed by atoms with Crippen LogP contribution in [0.3, 0.4) is 0 Å². The highest BCUT2D eigenvalue weighted by atomic mass is 16.7. The number of phenols is 3. The molecule has 3 aromatic rings. The number of aliphatic hydroxyl groups is 10. The second kappa shape index (κ2) is 15.2. The van der Waals surface area contributed by atoms with Gasteiger partial charge in [-0.05, 0) is 25.1 Å². The standard InChI is InChI=1S/C33H40O20/c1-9-21(40)24(43)27(46)32(48-9)53-31-26(45)23(42)17(7-34)50-30(31)20-13(38)5-12(37)19-14(39)6-16(49-29(19)20)10-2-3-15(11(36)4-10)51-33-28(47)25(44)22(41)18(8-35)52-33/h2-6,9,17-18,21-28,30-38,40-47H,7-8H2,1H3/t9-,17-,18-,21-,22-,23-,24-,25-,26-,27-,28-,30+,31-,32-,33-/m0/s1. The quantitative estimate of drug-likeness (QED) is 0.105. The third-order valence-corrected chi connectivity index (χ3v) is 9.58. The van der Waals surface area contributed by atoms with E-state index in [0.29, 0.717) is 0 Å². The molecule has 2 aromatic carbocycles. The van der Waals surface area contributed by atoms with E-state index in [4.69, 9.17) is 28.1 Å². The molecule has 53 heavy (non-hydrogen) atoms. The van der Waals surface area contributed by atoms with E-state index < -0.39 is 144 Å². The van der Waals surface area contributed by atoms with Gasteiger partial charge in [-0.15, -0.1) is 0 Å². The van der Waals surface area contributed by atoms with Crippen molar-refractivity contribution in [1.82, 2.24) is 0 Å². The maximum absolute atomic E-state index is 13.5. The molecule has 0 spiro atoms. The first-order valence-electron chi connectivity index (χ1n) is 16.4. The summed E-state index contributed by atoms with van der Waals surface area (Å²) in [6.07, 6.45) is -25.1. The Kier molecular flexibility index (Phi) is 11.2. The van der Waals surface area contributed by atoms with Crippen LogP contribution in [0.5, 0.6) is 23.0 Å². The van der Waals surface area contributed by atoms with Gasteiger partial charge in [0.2, 0.25) is 6.29 Å². The number of benzene rings is 2. The van der Waals surface area contributed by atoms with Gasteiger partial charge in [-0.25, -0.2) is 0 Å². The first kappa shape index (κ1) is 39.0. The number of aliphatic hydroxyl groups excluding tert-OH is 10. The zero-order chi connectivity index (χ0) is 38.6. The molecule has 1 aromatic heterocycles. The van der Waals surface area contributed by atoms with Crippen LogP contribution in [0.2, 0.25) is 0 Å². The minimum atomic E-state index is -1.95.